The number of rotatable bonds is 0. The summed E-state index contributed by atoms with van der Waals surface area (Å²) in [6.45, 7) is 6.60. The molecular weight excluding hydrogens is 292 g/mol. The van der Waals surface area contributed by atoms with Crippen LogP contribution in [0, 0.1) is 5.92 Å². The Morgan fingerprint density at radius 2 is 1.61 bits per heavy atom. The van der Waals surface area contributed by atoms with E-state index in [4.69, 9.17) is 18.9 Å². The highest BCUT2D eigenvalue weighted by Gasteiger charge is 2.49. The van der Waals surface area contributed by atoms with Crippen LogP contribution in [-0.4, -0.2) is 24.8 Å². The molecule has 2 aliphatic carbocycles. The van der Waals surface area contributed by atoms with Crippen molar-refractivity contribution in [2.75, 3.05) is 6.79 Å². The summed E-state index contributed by atoms with van der Waals surface area (Å²) < 4.78 is 23.4. The van der Waals surface area contributed by atoms with Gasteiger partial charge in [0.25, 0.3) is 0 Å². The Bertz CT molecular complexity index is 706. The van der Waals surface area contributed by atoms with Crippen LogP contribution >= 0.6 is 0 Å². The molecule has 4 atom stereocenters. The first-order valence-electron chi connectivity index (χ1n) is 8.47. The molecule has 0 N–H and O–H groups in total. The number of allylic oxidation sites excluding steroid dienone is 1. The lowest BCUT2D eigenvalue weighted by molar-refractivity contribution is -0.145. The molecule has 2 aliphatic heterocycles. The lowest BCUT2D eigenvalue weighted by Gasteiger charge is -2.40. The van der Waals surface area contributed by atoms with Crippen LogP contribution in [0.25, 0.3) is 6.08 Å². The van der Waals surface area contributed by atoms with Crippen LogP contribution in [-0.2, 0) is 9.47 Å². The summed E-state index contributed by atoms with van der Waals surface area (Å²) in [5.74, 6) is 2.28. The third-order valence-corrected chi connectivity index (χ3v) is 5.69. The van der Waals surface area contributed by atoms with Crippen molar-refractivity contribution < 1.29 is 18.9 Å². The molecule has 1 aromatic rings. The van der Waals surface area contributed by atoms with Crippen molar-refractivity contribution in [3.63, 3.8) is 0 Å². The maximum absolute atomic E-state index is 6.15. The van der Waals surface area contributed by atoms with Crippen LogP contribution in [0.3, 0.4) is 0 Å². The number of ether oxygens (including phenoxy) is 4. The molecule has 1 saturated heterocycles. The van der Waals surface area contributed by atoms with Gasteiger partial charge in [0.2, 0.25) is 6.79 Å². The van der Waals surface area contributed by atoms with Gasteiger partial charge in [-0.3, -0.25) is 0 Å². The molecule has 4 heteroatoms. The summed E-state index contributed by atoms with van der Waals surface area (Å²) in [4.78, 5) is 0. The molecule has 0 bridgehead atoms. The largest absolute Gasteiger partial charge is 0.454 e. The molecule has 5 rings (SSSR count). The van der Waals surface area contributed by atoms with Crippen molar-refractivity contribution >= 4 is 6.08 Å². The molecule has 0 aromatic heterocycles. The van der Waals surface area contributed by atoms with Crippen molar-refractivity contribution in [1.29, 1.82) is 0 Å². The topological polar surface area (TPSA) is 36.9 Å². The zero-order valence-electron chi connectivity index (χ0n) is 13.8. The smallest absolute Gasteiger partial charge is 0.231 e. The second kappa shape index (κ2) is 4.52. The Kier molecular flexibility index (Phi) is 2.73. The van der Waals surface area contributed by atoms with Crippen molar-refractivity contribution in [3.05, 3.63) is 28.8 Å². The summed E-state index contributed by atoms with van der Waals surface area (Å²) in [5.41, 5.74) is 4.08. The van der Waals surface area contributed by atoms with E-state index in [1.165, 1.54) is 16.7 Å². The summed E-state index contributed by atoms with van der Waals surface area (Å²) >= 11 is 0. The van der Waals surface area contributed by atoms with Crippen molar-refractivity contribution in [3.8, 4) is 11.5 Å². The average molecular weight is 314 g/mol. The Hall–Kier alpha value is -1.52. The lowest BCUT2D eigenvalue weighted by Crippen LogP contribution is -2.37. The van der Waals surface area contributed by atoms with Gasteiger partial charge >= 0.3 is 0 Å². The molecule has 1 aromatic carbocycles. The normalized spacial score (nSPS) is 36.0. The first-order chi connectivity index (χ1) is 11.0. The Morgan fingerprint density at radius 3 is 2.35 bits per heavy atom. The quantitative estimate of drug-likeness (QED) is 0.729. The van der Waals surface area contributed by atoms with Gasteiger partial charge in [-0.2, -0.15) is 0 Å². The van der Waals surface area contributed by atoms with Gasteiger partial charge in [-0.15, -0.1) is 0 Å². The van der Waals surface area contributed by atoms with Gasteiger partial charge in [-0.05, 0) is 68.7 Å². The van der Waals surface area contributed by atoms with Gasteiger partial charge in [-0.1, -0.05) is 11.6 Å². The van der Waals surface area contributed by atoms with E-state index >= 15 is 0 Å². The summed E-state index contributed by atoms with van der Waals surface area (Å²) in [7, 11) is 0. The van der Waals surface area contributed by atoms with E-state index in [1.807, 2.05) is 13.8 Å². The minimum atomic E-state index is -0.460. The fraction of sp³-hybridized carbons (Fsp3) is 0.579. The number of hydrogen-bond acceptors (Lipinski definition) is 4. The van der Waals surface area contributed by atoms with E-state index in [9.17, 15) is 0 Å². The Morgan fingerprint density at radius 1 is 0.957 bits per heavy atom. The minimum absolute atomic E-state index is 0.190. The predicted molar refractivity (Wildman–Crippen MR) is 85.5 cm³/mol. The second-order valence-corrected chi connectivity index (χ2v) is 7.62. The SMILES string of the molecule is CC1=Cc2cc3c(cc2[C@@H]2C[C@@H]4OC(C)(C)O[C@@H]4C[C@H]12)OCO3. The number of hydrogen-bond donors (Lipinski definition) is 0. The van der Waals surface area contributed by atoms with Gasteiger partial charge in [0, 0.05) is 0 Å². The Labute approximate surface area is 136 Å². The fourth-order valence-electron chi connectivity index (χ4n) is 4.76. The summed E-state index contributed by atoms with van der Waals surface area (Å²) in [6, 6.07) is 4.30. The van der Waals surface area contributed by atoms with E-state index in [0.717, 1.165) is 24.3 Å². The molecule has 2 fully saturated rings. The molecule has 4 aliphatic rings. The first-order valence-corrected chi connectivity index (χ1v) is 8.47. The van der Waals surface area contributed by atoms with E-state index in [1.54, 1.807) is 0 Å². The molecule has 1 saturated carbocycles. The molecule has 0 unspecified atom stereocenters. The van der Waals surface area contributed by atoms with Gasteiger partial charge < -0.3 is 18.9 Å². The predicted octanol–water partition coefficient (Wildman–Crippen LogP) is 3.85. The summed E-state index contributed by atoms with van der Waals surface area (Å²) in [6.07, 6.45) is 4.76. The van der Waals surface area contributed by atoms with E-state index in [2.05, 4.69) is 25.1 Å². The van der Waals surface area contributed by atoms with Crippen molar-refractivity contribution in [1.82, 2.24) is 0 Å². The van der Waals surface area contributed by atoms with Crippen LogP contribution in [0.2, 0.25) is 0 Å². The highest BCUT2D eigenvalue weighted by molar-refractivity contribution is 5.66. The van der Waals surface area contributed by atoms with Gasteiger partial charge in [0.05, 0.1) is 12.2 Å². The third-order valence-electron chi connectivity index (χ3n) is 5.69. The van der Waals surface area contributed by atoms with Crippen molar-refractivity contribution in [2.45, 2.75) is 57.5 Å². The van der Waals surface area contributed by atoms with Crippen LogP contribution in [0.1, 0.15) is 50.7 Å². The minimum Gasteiger partial charge on any atom is -0.454 e. The molecule has 0 radical (unpaired) electrons. The monoisotopic (exact) mass is 314 g/mol. The zero-order valence-corrected chi connectivity index (χ0v) is 13.8. The van der Waals surface area contributed by atoms with Crippen LogP contribution in [0.4, 0.5) is 0 Å². The Balaban J connectivity index is 1.55. The molecule has 122 valence electrons. The van der Waals surface area contributed by atoms with Crippen LogP contribution in [0.5, 0.6) is 11.5 Å². The highest BCUT2D eigenvalue weighted by Crippen LogP contribution is 2.52. The fourth-order valence-corrected chi connectivity index (χ4v) is 4.76. The van der Waals surface area contributed by atoms with E-state index in [0.29, 0.717) is 18.6 Å². The van der Waals surface area contributed by atoms with Gasteiger partial charge in [-0.25, -0.2) is 0 Å². The highest BCUT2D eigenvalue weighted by atomic mass is 16.8. The van der Waals surface area contributed by atoms with E-state index in [-0.39, 0.29) is 12.2 Å². The third kappa shape index (κ3) is 2.05. The standard InChI is InChI=1S/C19H22O4/c1-10-4-11-5-15-16(21-9-20-15)7-13(11)14-8-18-17(6-12(10)14)22-19(2,3)23-18/h4-5,7,12,14,17-18H,6,8-9H2,1-3H3/t12-,14-,17-,18+/m1/s1. The molecular formula is C19H22O4. The van der Waals surface area contributed by atoms with Gasteiger partial charge in [0.15, 0.2) is 17.3 Å². The summed E-state index contributed by atoms with van der Waals surface area (Å²) in [5, 5.41) is 0. The molecule has 4 nitrogen and oxygen atoms in total. The number of fused-ring (bicyclic) bond motifs is 5. The molecule has 23 heavy (non-hydrogen) atoms. The molecule has 0 amide bonds. The van der Waals surface area contributed by atoms with Crippen LogP contribution in [0.15, 0.2) is 17.7 Å². The second-order valence-electron chi connectivity index (χ2n) is 7.62. The molecule has 0 spiro atoms. The van der Waals surface area contributed by atoms with Gasteiger partial charge in [0.1, 0.15) is 0 Å². The first kappa shape index (κ1) is 13.9. The average Bonchev–Trinajstić information content (AvgIpc) is 3.05. The maximum Gasteiger partial charge on any atom is 0.231 e. The van der Waals surface area contributed by atoms with E-state index < -0.39 is 5.79 Å². The molecule has 2 heterocycles. The van der Waals surface area contributed by atoms with Crippen LogP contribution < -0.4 is 9.47 Å². The zero-order chi connectivity index (χ0) is 15.8. The lowest BCUT2D eigenvalue weighted by atomic mass is 9.66. The van der Waals surface area contributed by atoms with Crippen molar-refractivity contribution in [2.24, 2.45) is 5.92 Å². The maximum atomic E-state index is 6.15. The number of benzene rings is 1.